The van der Waals surface area contributed by atoms with Gasteiger partial charge in [-0.3, -0.25) is 9.10 Å². The number of rotatable bonds is 7. The van der Waals surface area contributed by atoms with Gasteiger partial charge in [-0.05, 0) is 61.9 Å². The predicted octanol–water partition coefficient (Wildman–Crippen LogP) is 4.32. The van der Waals surface area contributed by atoms with E-state index in [4.69, 9.17) is 4.74 Å². The molecule has 0 saturated carbocycles. The van der Waals surface area contributed by atoms with Crippen molar-refractivity contribution in [2.75, 3.05) is 18.5 Å². The summed E-state index contributed by atoms with van der Waals surface area (Å²) >= 11 is 0. The molecule has 0 fully saturated rings. The lowest BCUT2D eigenvalue weighted by atomic mass is 10.1. The molecular formula is C24H26N2O4S. The molecule has 0 aliphatic carbocycles. The maximum Gasteiger partial charge on any atom is 0.264 e. The summed E-state index contributed by atoms with van der Waals surface area (Å²) in [5.74, 6) is 0.458. The first kappa shape index (κ1) is 22.4. The number of sulfonamides is 1. The minimum Gasteiger partial charge on any atom is -0.497 e. The van der Waals surface area contributed by atoms with E-state index in [1.54, 1.807) is 55.6 Å². The number of nitrogens with zero attached hydrogens (tertiary/aromatic N) is 1. The van der Waals surface area contributed by atoms with Gasteiger partial charge < -0.3 is 10.1 Å². The van der Waals surface area contributed by atoms with E-state index in [1.165, 1.54) is 11.4 Å². The van der Waals surface area contributed by atoms with Gasteiger partial charge in [-0.15, -0.1) is 0 Å². The van der Waals surface area contributed by atoms with E-state index in [1.807, 2.05) is 38.1 Å². The second-order valence-corrected chi connectivity index (χ2v) is 9.27. The van der Waals surface area contributed by atoms with Crippen molar-refractivity contribution < 1.29 is 17.9 Å². The molecule has 6 nitrogen and oxygen atoms in total. The zero-order valence-corrected chi connectivity index (χ0v) is 18.8. The molecule has 0 heterocycles. The highest BCUT2D eigenvalue weighted by atomic mass is 32.2. The maximum absolute atomic E-state index is 13.0. The highest BCUT2D eigenvalue weighted by Gasteiger charge is 2.22. The molecule has 1 N–H and O–H groups in total. The smallest absolute Gasteiger partial charge is 0.264 e. The van der Waals surface area contributed by atoms with E-state index in [0.717, 1.165) is 16.9 Å². The summed E-state index contributed by atoms with van der Waals surface area (Å²) in [5.41, 5.74) is 2.70. The van der Waals surface area contributed by atoms with E-state index >= 15 is 0 Å². The lowest BCUT2D eigenvalue weighted by Crippen LogP contribution is -2.28. The van der Waals surface area contributed by atoms with E-state index < -0.39 is 10.0 Å². The van der Waals surface area contributed by atoms with Crippen LogP contribution in [0.25, 0.3) is 0 Å². The van der Waals surface area contributed by atoms with Gasteiger partial charge >= 0.3 is 0 Å². The van der Waals surface area contributed by atoms with Crippen LogP contribution >= 0.6 is 0 Å². The molecule has 3 aromatic carbocycles. The Morgan fingerprint density at radius 1 is 1.00 bits per heavy atom. The molecule has 0 spiro atoms. The van der Waals surface area contributed by atoms with Crippen molar-refractivity contribution in [1.82, 2.24) is 5.32 Å². The van der Waals surface area contributed by atoms with E-state index in [-0.39, 0.29) is 16.8 Å². The highest BCUT2D eigenvalue weighted by Crippen LogP contribution is 2.24. The molecule has 0 aliphatic rings. The van der Waals surface area contributed by atoms with Crippen molar-refractivity contribution >= 4 is 21.6 Å². The average Bonchev–Trinajstić information content (AvgIpc) is 2.78. The molecule has 0 radical (unpaired) electrons. The Hall–Kier alpha value is -3.32. The number of hydrogen-bond acceptors (Lipinski definition) is 4. The summed E-state index contributed by atoms with van der Waals surface area (Å²) < 4.78 is 32.3. The predicted molar refractivity (Wildman–Crippen MR) is 122 cm³/mol. The second kappa shape index (κ2) is 9.22. The van der Waals surface area contributed by atoms with Crippen molar-refractivity contribution in [3.63, 3.8) is 0 Å². The Morgan fingerprint density at radius 2 is 1.65 bits per heavy atom. The van der Waals surface area contributed by atoms with Crippen LogP contribution in [0, 0.1) is 6.92 Å². The number of amides is 1. The summed E-state index contributed by atoms with van der Waals surface area (Å²) in [4.78, 5) is 13.0. The molecule has 0 aliphatic heterocycles. The molecule has 0 saturated heterocycles. The number of carbonyl (C=O) groups excluding carboxylic acids is 1. The Morgan fingerprint density at radius 3 is 2.26 bits per heavy atom. The summed E-state index contributed by atoms with van der Waals surface area (Å²) in [6, 6.07) is 20.5. The third-order valence-electron chi connectivity index (χ3n) is 5.11. The lowest BCUT2D eigenvalue weighted by molar-refractivity contribution is 0.0940. The van der Waals surface area contributed by atoms with Crippen LogP contribution < -0.4 is 14.4 Å². The van der Waals surface area contributed by atoms with Crippen molar-refractivity contribution in [3.8, 4) is 5.75 Å². The molecule has 3 rings (SSSR count). The third-order valence-corrected chi connectivity index (χ3v) is 6.91. The Kier molecular flexibility index (Phi) is 6.65. The average molecular weight is 439 g/mol. The first-order chi connectivity index (χ1) is 14.7. The molecule has 0 unspecified atom stereocenters. The second-order valence-electron chi connectivity index (χ2n) is 7.30. The molecule has 3 aromatic rings. The molecular weight excluding hydrogens is 412 g/mol. The molecule has 1 amide bonds. The normalized spacial score (nSPS) is 12.1. The van der Waals surface area contributed by atoms with Gasteiger partial charge in [-0.2, -0.15) is 0 Å². The van der Waals surface area contributed by atoms with E-state index in [0.29, 0.717) is 11.3 Å². The number of ether oxygens (including phenoxy) is 1. The number of nitrogens with one attached hydrogen (secondary N) is 1. The first-order valence-corrected chi connectivity index (χ1v) is 11.3. The van der Waals surface area contributed by atoms with Crippen molar-refractivity contribution in [3.05, 3.63) is 89.5 Å². The largest absolute Gasteiger partial charge is 0.497 e. The van der Waals surface area contributed by atoms with Gasteiger partial charge in [0.1, 0.15) is 5.75 Å². The van der Waals surface area contributed by atoms with Crippen molar-refractivity contribution in [2.24, 2.45) is 0 Å². The fraction of sp³-hybridized carbons (Fsp3) is 0.208. The van der Waals surface area contributed by atoms with Gasteiger partial charge in [0.25, 0.3) is 15.9 Å². The van der Waals surface area contributed by atoms with Gasteiger partial charge in [0.2, 0.25) is 0 Å². The van der Waals surface area contributed by atoms with Gasteiger partial charge in [0, 0.05) is 12.6 Å². The SMILES string of the molecule is COc1ccc([C@@H](C)NC(=O)c2cccc(N(C)S(=O)(=O)c3ccc(C)cc3)c2)cc1. The zero-order valence-electron chi connectivity index (χ0n) is 18.0. The van der Waals surface area contributed by atoms with Gasteiger partial charge in [0.05, 0.1) is 23.7 Å². The molecule has 0 aromatic heterocycles. The molecule has 0 bridgehead atoms. The number of benzene rings is 3. The van der Waals surface area contributed by atoms with Crippen LogP contribution in [0.15, 0.2) is 77.7 Å². The topological polar surface area (TPSA) is 75.7 Å². The lowest BCUT2D eigenvalue weighted by Gasteiger charge is -2.21. The molecule has 1 atom stereocenters. The molecule has 162 valence electrons. The summed E-state index contributed by atoms with van der Waals surface area (Å²) in [6.45, 7) is 3.78. The van der Waals surface area contributed by atoms with Crippen LogP contribution in [0.1, 0.15) is 34.5 Å². The Labute approximate surface area is 183 Å². The number of methoxy groups -OCH3 is 1. The number of hydrogen-bond donors (Lipinski definition) is 1. The number of anilines is 1. The third kappa shape index (κ3) is 5.06. The minimum absolute atomic E-state index is 0.198. The number of carbonyl (C=O) groups is 1. The van der Waals surface area contributed by atoms with Crippen LogP contribution in [0.4, 0.5) is 5.69 Å². The first-order valence-electron chi connectivity index (χ1n) is 9.83. The van der Waals surface area contributed by atoms with E-state index in [2.05, 4.69) is 5.32 Å². The summed E-state index contributed by atoms with van der Waals surface area (Å²) in [6.07, 6.45) is 0. The van der Waals surface area contributed by atoms with Crippen molar-refractivity contribution in [2.45, 2.75) is 24.8 Å². The van der Waals surface area contributed by atoms with Gasteiger partial charge in [0.15, 0.2) is 0 Å². The Balaban J connectivity index is 1.78. The zero-order chi connectivity index (χ0) is 22.6. The number of aryl methyl sites for hydroxylation is 1. The summed E-state index contributed by atoms with van der Waals surface area (Å²) in [5, 5.41) is 2.95. The highest BCUT2D eigenvalue weighted by molar-refractivity contribution is 7.92. The maximum atomic E-state index is 13.0. The van der Waals surface area contributed by atoms with Crippen LogP contribution in [-0.2, 0) is 10.0 Å². The monoisotopic (exact) mass is 438 g/mol. The quantitative estimate of drug-likeness (QED) is 0.596. The van der Waals surface area contributed by atoms with E-state index in [9.17, 15) is 13.2 Å². The molecule has 7 heteroatoms. The fourth-order valence-electron chi connectivity index (χ4n) is 3.11. The Bertz CT molecular complexity index is 1160. The standard InChI is InChI=1S/C24H26N2O4S/c1-17-8-14-23(15-9-17)31(28,29)26(3)21-7-5-6-20(16-21)24(27)25-18(2)19-10-12-22(30-4)13-11-19/h5-16,18H,1-4H3,(H,25,27)/t18-/m1/s1. The van der Waals surface area contributed by atoms with Crippen LogP contribution in [0.2, 0.25) is 0 Å². The van der Waals surface area contributed by atoms with Crippen molar-refractivity contribution in [1.29, 1.82) is 0 Å². The minimum atomic E-state index is -3.73. The molecule has 31 heavy (non-hydrogen) atoms. The fourth-order valence-corrected chi connectivity index (χ4v) is 4.29. The van der Waals surface area contributed by atoms with Gasteiger partial charge in [-0.25, -0.2) is 8.42 Å². The van der Waals surface area contributed by atoms with Gasteiger partial charge in [-0.1, -0.05) is 35.9 Å². The van der Waals surface area contributed by atoms with Crippen LogP contribution in [0.3, 0.4) is 0 Å². The van der Waals surface area contributed by atoms with Crippen LogP contribution in [-0.4, -0.2) is 28.5 Å². The summed E-state index contributed by atoms with van der Waals surface area (Å²) in [7, 11) is -0.655. The van der Waals surface area contributed by atoms with Crippen LogP contribution in [0.5, 0.6) is 5.75 Å².